The van der Waals surface area contributed by atoms with Crippen LogP contribution in [0.2, 0.25) is 0 Å². The Morgan fingerprint density at radius 2 is 2.07 bits per heavy atom. The van der Waals surface area contributed by atoms with Crippen LogP contribution in [-0.4, -0.2) is 34.7 Å². The highest BCUT2D eigenvalue weighted by Crippen LogP contribution is 2.42. The highest BCUT2D eigenvalue weighted by atomic mass is 19.3. The van der Waals surface area contributed by atoms with Gasteiger partial charge in [0.15, 0.2) is 0 Å². The maximum absolute atomic E-state index is 13.2. The largest absolute Gasteiger partial charge is 0.300 e. The van der Waals surface area contributed by atoms with Gasteiger partial charge in [0.1, 0.15) is 5.78 Å². The first-order valence-electron chi connectivity index (χ1n) is 4.96. The summed E-state index contributed by atoms with van der Waals surface area (Å²) in [6, 6.07) is -0.235. The van der Waals surface area contributed by atoms with Gasteiger partial charge in [-0.25, -0.2) is 8.78 Å². The van der Waals surface area contributed by atoms with Crippen LogP contribution in [0.4, 0.5) is 8.78 Å². The molecule has 0 aromatic carbocycles. The minimum atomic E-state index is -2.60. The number of ketones is 1. The smallest absolute Gasteiger partial charge is 0.262 e. The predicted octanol–water partition coefficient (Wildman–Crippen LogP) is 1.84. The number of hydrogen-bond donors (Lipinski definition) is 0. The summed E-state index contributed by atoms with van der Waals surface area (Å²) in [6.45, 7) is 3.56. The molecule has 2 aliphatic heterocycles. The second-order valence-corrected chi connectivity index (χ2v) is 5.07. The monoisotopic (exact) mass is 203 g/mol. The first kappa shape index (κ1) is 10.0. The summed E-state index contributed by atoms with van der Waals surface area (Å²) in [5, 5.41) is 0. The Labute approximate surface area is 82.3 Å². The molecule has 2 fully saturated rings. The van der Waals surface area contributed by atoms with Crippen LogP contribution in [0, 0.1) is 0 Å². The lowest BCUT2D eigenvalue weighted by atomic mass is 9.86. The van der Waals surface area contributed by atoms with Gasteiger partial charge in [0, 0.05) is 30.8 Å². The zero-order chi connectivity index (χ0) is 10.6. The molecule has 0 aliphatic carbocycles. The summed E-state index contributed by atoms with van der Waals surface area (Å²) < 4.78 is 26.3. The molecular formula is C10H15F2NO. The van der Waals surface area contributed by atoms with Gasteiger partial charge in [-0.15, -0.1) is 0 Å². The lowest BCUT2D eigenvalue weighted by Crippen LogP contribution is -2.53. The molecule has 0 saturated carbocycles. The number of Topliss-reactive ketones (excluding diaryl/α,β-unsaturated/α-hetero) is 1. The van der Waals surface area contributed by atoms with Gasteiger partial charge in [-0.3, -0.25) is 9.69 Å². The van der Waals surface area contributed by atoms with E-state index in [-0.39, 0.29) is 30.3 Å². The van der Waals surface area contributed by atoms with E-state index in [4.69, 9.17) is 0 Å². The molecule has 0 amide bonds. The molecule has 0 N–H and O–H groups in total. The average molecular weight is 203 g/mol. The quantitative estimate of drug-likeness (QED) is 0.598. The molecule has 0 radical (unpaired) electrons. The number of piperidine rings is 1. The minimum absolute atomic E-state index is 0.119. The third-order valence-corrected chi connectivity index (χ3v) is 3.25. The molecule has 0 aromatic heterocycles. The van der Waals surface area contributed by atoms with E-state index < -0.39 is 5.92 Å². The van der Waals surface area contributed by atoms with Gasteiger partial charge in [0.05, 0.1) is 6.54 Å². The van der Waals surface area contributed by atoms with Crippen molar-refractivity contribution in [2.45, 2.75) is 50.6 Å². The third kappa shape index (κ3) is 1.56. The van der Waals surface area contributed by atoms with E-state index in [1.807, 2.05) is 13.8 Å². The number of carbonyl (C=O) groups excluding carboxylic acids is 1. The Kier molecular flexibility index (Phi) is 1.97. The summed E-state index contributed by atoms with van der Waals surface area (Å²) in [4.78, 5) is 13.2. The van der Waals surface area contributed by atoms with Gasteiger partial charge in [0.2, 0.25) is 0 Å². The van der Waals surface area contributed by atoms with Gasteiger partial charge in [-0.2, -0.15) is 0 Å². The molecule has 2 heterocycles. The first-order valence-corrected chi connectivity index (χ1v) is 4.96. The summed E-state index contributed by atoms with van der Waals surface area (Å²) in [5.74, 6) is -2.49. The molecule has 2 nitrogen and oxygen atoms in total. The number of fused-ring (bicyclic) bond motifs is 1. The van der Waals surface area contributed by atoms with E-state index in [1.54, 1.807) is 4.90 Å². The fraction of sp³-hybridized carbons (Fsp3) is 0.900. The first-order chi connectivity index (χ1) is 6.30. The van der Waals surface area contributed by atoms with Crippen molar-refractivity contribution in [2.24, 2.45) is 0 Å². The molecule has 0 spiro atoms. The summed E-state index contributed by atoms with van der Waals surface area (Å²) >= 11 is 0. The van der Waals surface area contributed by atoms with Crippen LogP contribution < -0.4 is 0 Å². The zero-order valence-corrected chi connectivity index (χ0v) is 8.52. The van der Waals surface area contributed by atoms with Crippen molar-refractivity contribution in [3.8, 4) is 0 Å². The van der Waals surface area contributed by atoms with E-state index >= 15 is 0 Å². The van der Waals surface area contributed by atoms with E-state index in [2.05, 4.69) is 0 Å². The van der Waals surface area contributed by atoms with Crippen molar-refractivity contribution >= 4 is 5.78 Å². The van der Waals surface area contributed by atoms with E-state index in [1.165, 1.54) is 0 Å². The Hall–Kier alpha value is -0.510. The lowest BCUT2D eigenvalue weighted by Gasteiger charge is -2.42. The lowest BCUT2D eigenvalue weighted by molar-refractivity contribution is -0.127. The Morgan fingerprint density at radius 1 is 1.43 bits per heavy atom. The number of alkyl halides is 2. The number of hydrogen-bond acceptors (Lipinski definition) is 2. The molecule has 1 atom stereocenters. The van der Waals surface area contributed by atoms with Crippen LogP contribution in [0.15, 0.2) is 0 Å². The molecule has 14 heavy (non-hydrogen) atoms. The molecule has 4 heteroatoms. The maximum atomic E-state index is 13.2. The van der Waals surface area contributed by atoms with Gasteiger partial charge >= 0.3 is 0 Å². The van der Waals surface area contributed by atoms with Crippen LogP contribution in [0.1, 0.15) is 33.1 Å². The second kappa shape index (κ2) is 2.75. The van der Waals surface area contributed by atoms with Gasteiger partial charge in [-0.1, -0.05) is 0 Å². The topological polar surface area (TPSA) is 20.3 Å². The Morgan fingerprint density at radius 3 is 2.71 bits per heavy atom. The highest BCUT2D eigenvalue weighted by Gasteiger charge is 2.52. The Bertz CT molecular complexity index is 275. The minimum Gasteiger partial charge on any atom is -0.300 e. The van der Waals surface area contributed by atoms with E-state index in [0.717, 1.165) is 0 Å². The molecular weight excluding hydrogens is 188 g/mol. The molecule has 2 aliphatic rings. The van der Waals surface area contributed by atoms with Gasteiger partial charge in [-0.05, 0) is 13.8 Å². The molecule has 0 aromatic rings. The second-order valence-electron chi connectivity index (χ2n) is 5.07. The van der Waals surface area contributed by atoms with Gasteiger partial charge in [0.25, 0.3) is 5.92 Å². The summed E-state index contributed by atoms with van der Waals surface area (Å²) in [6.07, 6.45) is 0.556. The number of nitrogens with zero attached hydrogens (tertiary/aromatic N) is 1. The number of carbonyl (C=O) groups is 1. The Balaban J connectivity index is 2.24. The van der Waals surface area contributed by atoms with Crippen LogP contribution >= 0.6 is 0 Å². The molecule has 2 saturated heterocycles. The van der Waals surface area contributed by atoms with Crippen LogP contribution in [0.25, 0.3) is 0 Å². The number of rotatable bonds is 0. The maximum Gasteiger partial charge on any atom is 0.262 e. The molecule has 0 unspecified atom stereocenters. The van der Waals surface area contributed by atoms with Crippen LogP contribution in [-0.2, 0) is 4.79 Å². The van der Waals surface area contributed by atoms with E-state index in [0.29, 0.717) is 12.8 Å². The normalized spacial score (nSPS) is 35.7. The molecule has 0 bridgehead atoms. The van der Waals surface area contributed by atoms with Crippen molar-refractivity contribution in [1.29, 1.82) is 0 Å². The van der Waals surface area contributed by atoms with E-state index in [9.17, 15) is 13.6 Å². The van der Waals surface area contributed by atoms with Gasteiger partial charge < -0.3 is 0 Å². The van der Waals surface area contributed by atoms with Crippen molar-refractivity contribution in [1.82, 2.24) is 4.90 Å². The van der Waals surface area contributed by atoms with Crippen LogP contribution in [0.5, 0.6) is 0 Å². The van der Waals surface area contributed by atoms with Crippen molar-refractivity contribution < 1.29 is 13.6 Å². The SMILES string of the molecule is CC1(C)CC(=O)C[C@@H]2CC(F)(F)CN21. The van der Waals surface area contributed by atoms with Crippen molar-refractivity contribution in [3.63, 3.8) is 0 Å². The zero-order valence-electron chi connectivity index (χ0n) is 8.52. The summed E-state index contributed by atoms with van der Waals surface area (Å²) in [5.41, 5.74) is -0.389. The number of halogens is 2. The average Bonchev–Trinajstić information content (AvgIpc) is 2.22. The molecule has 80 valence electrons. The predicted molar refractivity (Wildman–Crippen MR) is 48.4 cm³/mol. The highest BCUT2D eigenvalue weighted by molar-refractivity contribution is 5.81. The fourth-order valence-electron chi connectivity index (χ4n) is 2.71. The fourth-order valence-corrected chi connectivity index (χ4v) is 2.71. The van der Waals surface area contributed by atoms with Crippen molar-refractivity contribution in [2.75, 3.05) is 6.54 Å². The summed E-state index contributed by atoms with van der Waals surface area (Å²) in [7, 11) is 0. The van der Waals surface area contributed by atoms with Crippen LogP contribution in [0.3, 0.4) is 0 Å². The standard InChI is InChI=1S/C10H15F2NO/c1-9(2)5-8(14)3-7-4-10(11,12)6-13(7)9/h7H,3-6H2,1-2H3/t7-/m1/s1. The van der Waals surface area contributed by atoms with Crippen molar-refractivity contribution in [3.05, 3.63) is 0 Å². The molecule has 2 rings (SSSR count). The third-order valence-electron chi connectivity index (χ3n) is 3.25.